The van der Waals surface area contributed by atoms with E-state index >= 15 is 0 Å². The van der Waals surface area contributed by atoms with Crippen LogP contribution in [0.5, 0.6) is 0 Å². The fourth-order valence-electron chi connectivity index (χ4n) is 2.43. The number of hydrogen-bond acceptors (Lipinski definition) is 5. The van der Waals surface area contributed by atoms with Crippen molar-refractivity contribution in [3.63, 3.8) is 0 Å². The van der Waals surface area contributed by atoms with Gasteiger partial charge in [-0.1, -0.05) is 18.2 Å². The molecule has 0 aliphatic carbocycles. The zero-order valence-electron chi connectivity index (χ0n) is 11.6. The third-order valence-electron chi connectivity index (χ3n) is 3.50. The zero-order chi connectivity index (χ0) is 14.8. The number of amides is 1. The maximum Gasteiger partial charge on any atom is 0.233 e. The van der Waals surface area contributed by atoms with E-state index in [1.165, 1.54) is 18.3 Å². The number of thiazole rings is 1. The van der Waals surface area contributed by atoms with Crippen molar-refractivity contribution < 1.29 is 9.59 Å². The van der Waals surface area contributed by atoms with E-state index in [1.54, 1.807) is 5.38 Å². The summed E-state index contributed by atoms with van der Waals surface area (Å²) in [6.45, 7) is 2.23. The summed E-state index contributed by atoms with van der Waals surface area (Å²) < 4.78 is 0. The maximum absolute atomic E-state index is 12.5. The lowest BCUT2D eigenvalue weighted by Crippen LogP contribution is -2.27. The van der Waals surface area contributed by atoms with Crippen LogP contribution < -0.4 is 10.6 Å². The van der Waals surface area contributed by atoms with E-state index in [2.05, 4.69) is 15.6 Å². The molecule has 1 unspecified atom stereocenters. The van der Waals surface area contributed by atoms with Gasteiger partial charge in [0.1, 0.15) is 5.69 Å². The molecular formula is C15H15N3O2S. The first-order valence-corrected chi connectivity index (χ1v) is 7.63. The van der Waals surface area contributed by atoms with Gasteiger partial charge in [-0.25, -0.2) is 4.98 Å². The monoisotopic (exact) mass is 301 g/mol. The predicted molar refractivity (Wildman–Crippen MR) is 83.0 cm³/mol. The van der Waals surface area contributed by atoms with Gasteiger partial charge in [-0.3, -0.25) is 9.59 Å². The highest BCUT2D eigenvalue weighted by Crippen LogP contribution is 2.32. The Morgan fingerprint density at radius 1 is 1.38 bits per heavy atom. The number of rotatable bonds is 3. The molecule has 6 heteroatoms. The van der Waals surface area contributed by atoms with Crippen LogP contribution in [-0.2, 0) is 4.79 Å². The molecule has 1 aliphatic heterocycles. The van der Waals surface area contributed by atoms with Crippen LogP contribution in [0.4, 0.5) is 10.8 Å². The number of ketones is 1. The fourth-order valence-corrected chi connectivity index (χ4v) is 3.18. The lowest BCUT2D eigenvalue weighted by atomic mass is 9.90. The minimum atomic E-state index is -0.188. The zero-order valence-corrected chi connectivity index (χ0v) is 12.4. The van der Waals surface area contributed by atoms with Crippen molar-refractivity contribution >= 4 is 33.8 Å². The lowest BCUT2D eigenvalue weighted by molar-refractivity contribution is -0.117. The Labute approximate surface area is 126 Å². The molecule has 21 heavy (non-hydrogen) atoms. The number of carbonyl (C=O) groups excluding carboxylic acids is 2. The summed E-state index contributed by atoms with van der Waals surface area (Å²) in [5.74, 6) is -0.362. The van der Waals surface area contributed by atoms with E-state index in [-0.39, 0.29) is 17.6 Å². The first kappa shape index (κ1) is 13.8. The molecule has 1 atom stereocenters. The Kier molecular flexibility index (Phi) is 3.70. The number of Topliss-reactive ketones (excluding diaryl/α,β-unsaturated/α-hetero) is 1. The van der Waals surface area contributed by atoms with Crippen molar-refractivity contribution in [2.45, 2.75) is 19.3 Å². The van der Waals surface area contributed by atoms with Crippen LogP contribution in [0, 0.1) is 0 Å². The third kappa shape index (κ3) is 2.80. The quantitative estimate of drug-likeness (QED) is 0.855. The van der Waals surface area contributed by atoms with Crippen molar-refractivity contribution in [1.29, 1.82) is 0 Å². The number of hydrogen-bond donors (Lipinski definition) is 2. The molecule has 0 fully saturated rings. The van der Waals surface area contributed by atoms with E-state index < -0.39 is 0 Å². The average molecular weight is 301 g/mol. The average Bonchev–Trinajstić information content (AvgIpc) is 2.95. The highest BCUT2D eigenvalue weighted by molar-refractivity contribution is 7.14. The van der Waals surface area contributed by atoms with Crippen LogP contribution in [0.1, 0.15) is 35.3 Å². The molecule has 5 nitrogen and oxygen atoms in total. The molecule has 0 saturated carbocycles. The summed E-state index contributed by atoms with van der Waals surface area (Å²) in [7, 11) is 0. The van der Waals surface area contributed by atoms with Gasteiger partial charge in [0.2, 0.25) is 5.91 Å². The predicted octanol–water partition coefficient (Wildman–Crippen LogP) is 2.88. The van der Waals surface area contributed by atoms with Crippen LogP contribution in [0.25, 0.3) is 0 Å². The van der Waals surface area contributed by atoms with Gasteiger partial charge in [-0.2, -0.15) is 0 Å². The molecule has 108 valence electrons. The molecule has 3 rings (SSSR count). The molecule has 0 saturated heterocycles. The molecule has 0 bridgehead atoms. The summed E-state index contributed by atoms with van der Waals surface area (Å²) in [6, 6.07) is 7.83. The Hall–Kier alpha value is -2.21. The number of nitrogens with one attached hydrogen (secondary N) is 2. The van der Waals surface area contributed by atoms with Gasteiger partial charge in [0.05, 0.1) is 5.92 Å². The van der Waals surface area contributed by atoms with Gasteiger partial charge in [-0.15, -0.1) is 11.3 Å². The van der Waals surface area contributed by atoms with Crippen molar-refractivity contribution in [3.8, 4) is 0 Å². The molecule has 2 aromatic rings. The van der Waals surface area contributed by atoms with E-state index in [0.717, 1.165) is 24.2 Å². The summed E-state index contributed by atoms with van der Waals surface area (Å²) in [5, 5.41) is 8.24. The van der Waals surface area contributed by atoms with Gasteiger partial charge < -0.3 is 10.6 Å². The summed E-state index contributed by atoms with van der Waals surface area (Å²) in [6.07, 6.45) is 0.744. The molecule has 1 amide bonds. The molecule has 2 heterocycles. The van der Waals surface area contributed by atoms with E-state index in [1.807, 2.05) is 24.3 Å². The van der Waals surface area contributed by atoms with Crippen molar-refractivity contribution in [1.82, 2.24) is 4.98 Å². The van der Waals surface area contributed by atoms with Gasteiger partial charge in [0, 0.05) is 24.5 Å². The molecule has 0 radical (unpaired) electrons. The number of nitrogens with zero attached hydrogens (tertiary/aromatic N) is 1. The standard InChI is InChI=1S/C15H15N3O2S/c1-9(19)13-8-21-15(17-13)18-14(20)11-6-7-16-12-5-3-2-4-10(11)12/h2-5,8,11,16H,6-7H2,1H3,(H,17,18,20). The van der Waals surface area contributed by atoms with Crippen molar-refractivity contribution in [2.75, 3.05) is 17.2 Å². The molecule has 0 spiro atoms. The summed E-state index contributed by atoms with van der Waals surface area (Å²) in [4.78, 5) is 27.8. The Balaban J connectivity index is 1.78. The Morgan fingerprint density at radius 3 is 2.95 bits per heavy atom. The van der Waals surface area contributed by atoms with Crippen molar-refractivity contribution in [2.24, 2.45) is 0 Å². The summed E-state index contributed by atoms with van der Waals surface area (Å²) >= 11 is 1.27. The smallest absolute Gasteiger partial charge is 0.233 e. The normalized spacial score (nSPS) is 16.7. The van der Waals surface area contributed by atoms with E-state index in [4.69, 9.17) is 0 Å². The molecule has 2 N–H and O–H groups in total. The Morgan fingerprint density at radius 2 is 2.19 bits per heavy atom. The number of carbonyl (C=O) groups is 2. The number of fused-ring (bicyclic) bond motifs is 1. The number of para-hydroxylation sites is 1. The minimum absolute atomic E-state index is 0.0756. The largest absolute Gasteiger partial charge is 0.385 e. The number of aromatic nitrogens is 1. The van der Waals surface area contributed by atoms with Gasteiger partial charge >= 0.3 is 0 Å². The third-order valence-corrected chi connectivity index (χ3v) is 4.25. The second-order valence-corrected chi connectivity index (χ2v) is 5.80. The first-order chi connectivity index (χ1) is 10.1. The minimum Gasteiger partial charge on any atom is -0.385 e. The van der Waals surface area contributed by atoms with E-state index in [9.17, 15) is 9.59 Å². The van der Waals surface area contributed by atoms with Crippen LogP contribution in [0.15, 0.2) is 29.6 Å². The molecular weight excluding hydrogens is 286 g/mol. The van der Waals surface area contributed by atoms with Crippen LogP contribution in [-0.4, -0.2) is 23.2 Å². The van der Waals surface area contributed by atoms with Gasteiger partial charge in [0.25, 0.3) is 0 Å². The topological polar surface area (TPSA) is 71.1 Å². The maximum atomic E-state index is 12.5. The molecule has 1 aromatic heterocycles. The summed E-state index contributed by atoms with van der Waals surface area (Å²) in [5.41, 5.74) is 2.40. The van der Waals surface area contributed by atoms with Crippen molar-refractivity contribution in [3.05, 3.63) is 40.9 Å². The molecule has 1 aromatic carbocycles. The second-order valence-electron chi connectivity index (χ2n) is 4.94. The van der Waals surface area contributed by atoms with Crippen LogP contribution >= 0.6 is 11.3 Å². The Bertz CT molecular complexity index is 696. The second kappa shape index (κ2) is 5.65. The van der Waals surface area contributed by atoms with Crippen LogP contribution in [0.3, 0.4) is 0 Å². The number of benzene rings is 1. The fraction of sp³-hybridized carbons (Fsp3) is 0.267. The van der Waals surface area contributed by atoms with Crippen LogP contribution in [0.2, 0.25) is 0 Å². The van der Waals surface area contributed by atoms with E-state index in [0.29, 0.717) is 10.8 Å². The van der Waals surface area contributed by atoms with Gasteiger partial charge in [-0.05, 0) is 18.1 Å². The SMILES string of the molecule is CC(=O)c1csc(NC(=O)C2CCNc3ccccc32)n1. The highest BCUT2D eigenvalue weighted by Gasteiger charge is 2.26. The highest BCUT2D eigenvalue weighted by atomic mass is 32.1. The molecule has 1 aliphatic rings. The van der Waals surface area contributed by atoms with Gasteiger partial charge in [0.15, 0.2) is 10.9 Å². The lowest BCUT2D eigenvalue weighted by Gasteiger charge is -2.25. The number of anilines is 2. The first-order valence-electron chi connectivity index (χ1n) is 6.75.